The molecule has 4 aromatic rings. The number of non-ortho nitro benzene ring substituents is 1. The Hall–Kier alpha value is -4.14. The van der Waals surface area contributed by atoms with E-state index in [9.17, 15) is 14.9 Å². The summed E-state index contributed by atoms with van der Waals surface area (Å²) in [5.74, 6) is 0.984. The fraction of sp³-hybridized carbons (Fsp3) is 0.143. The molecule has 0 radical (unpaired) electrons. The zero-order valence-electron chi connectivity index (χ0n) is 16.3. The molecule has 1 atom stereocenters. The number of aromatic amines is 1. The molecule has 1 unspecified atom stereocenters. The molecule has 2 aromatic heterocycles. The van der Waals surface area contributed by atoms with Crippen molar-refractivity contribution >= 4 is 22.5 Å². The second kappa shape index (κ2) is 7.70. The molecule has 0 saturated heterocycles. The number of nitro benzene ring substituents is 1. The molecule has 4 rings (SSSR count). The summed E-state index contributed by atoms with van der Waals surface area (Å²) in [6.07, 6.45) is 5.01. The normalized spacial score (nSPS) is 11.9. The highest BCUT2D eigenvalue weighted by molar-refractivity contribution is 6.07. The molecule has 2 aromatic carbocycles. The summed E-state index contributed by atoms with van der Waals surface area (Å²) in [6.45, 7) is 0. The van der Waals surface area contributed by atoms with Crippen LogP contribution in [0.25, 0.3) is 10.9 Å². The Morgan fingerprint density at radius 3 is 2.67 bits per heavy atom. The highest BCUT2D eigenvalue weighted by atomic mass is 16.6. The molecule has 2 heterocycles. The third-order valence-electron chi connectivity index (χ3n) is 4.96. The molecule has 0 spiro atoms. The van der Waals surface area contributed by atoms with Gasteiger partial charge >= 0.3 is 0 Å². The summed E-state index contributed by atoms with van der Waals surface area (Å²) < 4.78 is 7.04. The monoisotopic (exact) mass is 405 g/mol. The summed E-state index contributed by atoms with van der Waals surface area (Å²) in [5.41, 5.74) is 1.71. The first-order valence-electron chi connectivity index (χ1n) is 9.15. The first-order chi connectivity index (χ1) is 14.5. The first-order valence-corrected chi connectivity index (χ1v) is 9.15. The Bertz CT molecular complexity index is 1230. The third kappa shape index (κ3) is 3.48. The highest BCUT2D eigenvalue weighted by Crippen LogP contribution is 2.26. The van der Waals surface area contributed by atoms with E-state index in [4.69, 9.17) is 4.74 Å². The average Bonchev–Trinajstić information content (AvgIpc) is 3.37. The summed E-state index contributed by atoms with van der Waals surface area (Å²) in [6, 6.07) is 11.2. The lowest BCUT2D eigenvalue weighted by Gasteiger charge is -2.19. The highest BCUT2D eigenvalue weighted by Gasteiger charge is 2.23. The second-order valence-electron chi connectivity index (χ2n) is 6.77. The number of hydrogen-bond donors (Lipinski definition) is 2. The van der Waals surface area contributed by atoms with Gasteiger partial charge in [0.2, 0.25) is 0 Å². The zero-order chi connectivity index (χ0) is 21.3. The molecule has 9 nitrogen and oxygen atoms in total. The van der Waals surface area contributed by atoms with Gasteiger partial charge in [0.25, 0.3) is 11.6 Å². The van der Waals surface area contributed by atoms with E-state index in [0.717, 1.165) is 5.56 Å². The molecule has 0 aliphatic carbocycles. The number of benzene rings is 2. The summed E-state index contributed by atoms with van der Waals surface area (Å²) in [7, 11) is 3.43. The molecule has 0 saturated carbocycles. The number of imidazole rings is 1. The van der Waals surface area contributed by atoms with Crippen LogP contribution in [0.4, 0.5) is 5.69 Å². The van der Waals surface area contributed by atoms with Crippen LogP contribution < -0.4 is 10.1 Å². The molecular formula is C21H19N5O4. The molecule has 0 aliphatic rings. The van der Waals surface area contributed by atoms with Crippen molar-refractivity contribution in [3.8, 4) is 5.75 Å². The van der Waals surface area contributed by atoms with Gasteiger partial charge in [0, 0.05) is 48.7 Å². The van der Waals surface area contributed by atoms with Crippen molar-refractivity contribution < 1.29 is 14.5 Å². The van der Waals surface area contributed by atoms with Gasteiger partial charge in [-0.15, -0.1) is 0 Å². The molecule has 30 heavy (non-hydrogen) atoms. The largest absolute Gasteiger partial charge is 0.497 e. The van der Waals surface area contributed by atoms with Crippen LogP contribution in [0.3, 0.4) is 0 Å². The van der Waals surface area contributed by atoms with Crippen LogP contribution in [-0.2, 0) is 7.05 Å². The molecule has 0 aliphatic heterocycles. The standard InChI is InChI=1S/C21H19N5O4/c1-25-10-9-22-20(25)19(13-3-6-15(30-2)7-4-13)24-21(27)17-12-23-18-8-5-14(26(28)29)11-16(17)18/h3-12,19,23H,1-2H3,(H,24,27). The number of aromatic nitrogens is 3. The van der Waals surface area contributed by atoms with Crippen molar-refractivity contribution in [2.75, 3.05) is 7.11 Å². The quantitative estimate of drug-likeness (QED) is 0.377. The number of H-pyrrole nitrogens is 1. The molecule has 152 valence electrons. The van der Waals surface area contributed by atoms with Gasteiger partial charge < -0.3 is 19.6 Å². The lowest BCUT2D eigenvalue weighted by molar-refractivity contribution is -0.384. The Labute approximate surface area is 171 Å². The Kier molecular flexibility index (Phi) is 4.93. The Morgan fingerprint density at radius 2 is 2.03 bits per heavy atom. The first kappa shape index (κ1) is 19.2. The van der Waals surface area contributed by atoms with Gasteiger partial charge in [-0.25, -0.2) is 4.98 Å². The summed E-state index contributed by atoms with van der Waals surface area (Å²) in [4.78, 5) is 31.2. The van der Waals surface area contributed by atoms with Crippen molar-refractivity contribution in [3.05, 3.63) is 88.1 Å². The van der Waals surface area contributed by atoms with Crippen LogP contribution >= 0.6 is 0 Å². The average molecular weight is 405 g/mol. The number of nitrogens with one attached hydrogen (secondary N) is 2. The fourth-order valence-corrected chi connectivity index (χ4v) is 3.37. The molecular weight excluding hydrogens is 386 g/mol. The minimum Gasteiger partial charge on any atom is -0.497 e. The van der Waals surface area contributed by atoms with E-state index in [1.807, 2.05) is 35.9 Å². The lowest BCUT2D eigenvalue weighted by atomic mass is 10.0. The Morgan fingerprint density at radius 1 is 1.27 bits per heavy atom. The van der Waals surface area contributed by atoms with E-state index in [2.05, 4.69) is 15.3 Å². The van der Waals surface area contributed by atoms with E-state index >= 15 is 0 Å². The topological polar surface area (TPSA) is 115 Å². The van der Waals surface area contributed by atoms with Gasteiger partial charge in [-0.1, -0.05) is 12.1 Å². The van der Waals surface area contributed by atoms with Crippen molar-refractivity contribution in [1.29, 1.82) is 0 Å². The van der Waals surface area contributed by atoms with Crippen LogP contribution in [0.15, 0.2) is 61.1 Å². The number of nitro groups is 1. The molecule has 1 amide bonds. The minimum atomic E-state index is -0.521. The van der Waals surface area contributed by atoms with Crippen LogP contribution in [0.5, 0.6) is 5.75 Å². The number of carbonyl (C=O) groups excluding carboxylic acids is 1. The molecule has 2 N–H and O–H groups in total. The van der Waals surface area contributed by atoms with Gasteiger partial charge in [-0.05, 0) is 23.8 Å². The molecule has 0 bridgehead atoms. The van der Waals surface area contributed by atoms with E-state index in [0.29, 0.717) is 28.0 Å². The molecule has 0 fully saturated rings. The summed E-state index contributed by atoms with van der Waals surface area (Å²) in [5, 5.41) is 14.6. The number of hydrogen-bond acceptors (Lipinski definition) is 5. The van der Waals surface area contributed by atoms with Gasteiger partial charge in [0.05, 0.1) is 17.6 Å². The maximum Gasteiger partial charge on any atom is 0.270 e. The Balaban J connectivity index is 1.72. The van der Waals surface area contributed by atoms with Gasteiger partial charge in [0.15, 0.2) is 0 Å². The van der Waals surface area contributed by atoms with Crippen molar-refractivity contribution in [1.82, 2.24) is 19.9 Å². The van der Waals surface area contributed by atoms with Crippen LogP contribution in [-0.4, -0.2) is 32.5 Å². The van der Waals surface area contributed by atoms with Crippen LogP contribution in [0, 0.1) is 10.1 Å². The van der Waals surface area contributed by atoms with Gasteiger partial charge in [0.1, 0.15) is 17.6 Å². The number of carbonyl (C=O) groups is 1. The summed E-state index contributed by atoms with van der Waals surface area (Å²) >= 11 is 0. The van der Waals surface area contributed by atoms with E-state index in [1.165, 1.54) is 12.1 Å². The van der Waals surface area contributed by atoms with E-state index < -0.39 is 11.0 Å². The molecule has 9 heteroatoms. The number of amides is 1. The number of rotatable bonds is 6. The smallest absolute Gasteiger partial charge is 0.270 e. The maximum atomic E-state index is 13.2. The van der Waals surface area contributed by atoms with Crippen molar-refractivity contribution in [3.63, 3.8) is 0 Å². The fourth-order valence-electron chi connectivity index (χ4n) is 3.37. The number of aryl methyl sites for hydroxylation is 1. The second-order valence-corrected chi connectivity index (χ2v) is 6.77. The maximum absolute atomic E-state index is 13.2. The van der Waals surface area contributed by atoms with Crippen molar-refractivity contribution in [2.45, 2.75) is 6.04 Å². The van der Waals surface area contributed by atoms with E-state index in [-0.39, 0.29) is 11.6 Å². The van der Waals surface area contributed by atoms with Crippen LogP contribution in [0.1, 0.15) is 27.8 Å². The van der Waals surface area contributed by atoms with Crippen molar-refractivity contribution in [2.24, 2.45) is 7.05 Å². The van der Waals surface area contributed by atoms with E-state index in [1.54, 1.807) is 31.8 Å². The SMILES string of the molecule is COc1ccc(C(NC(=O)c2c[nH]c3ccc([N+](=O)[O-])cc23)c2nccn2C)cc1. The predicted molar refractivity (Wildman–Crippen MR) is 110 cm³/mol. The number of fused-ring (bicyclic) bond motifs is 1. The van der Waals surface area contributed by atoms with Gasteiger partial charge in [-0.2, -0.15) is 0 Å². The minimum absolute atomic E-state index is 0.0769. The van der Waals surface area contributed by atoms with Crippen LogP contribution in [0.2, 0.25) is 0 Å². The van der Waals surface area contributed by atoms with Gasteiger partial charge in [-0.3, -0.25) is 14.9 Å². The number of nitrogens with zero attached hydrogens (tertiary/aromatic N) is 3. The predicted octanol–water partition coefficient (Wildman–Crippen LogP) is 3.34. The zero-order valence-corrected chi connectivity index (χ0v) is 16.3. The number of ether oxygens (including phenoxy) is 1. The lowest BCUT2D eigenvalue weighted by Crippen LogP contribution is -2.31. The third-order valence-corrected chi connectivity index (χ3v) is 4.96. The number of methoxy groups -OCH3 is 1.